The van der Waals surface area contributed by atoms with E-state index in [4.69, 9.17) is 0 Å². The molecule has 2 atom stereocenters. The number of nitrogens with one attached hydrogen (secondary N) is 1. The average molecular weight is 302 g/mol. The largest absolute Gasteiger partial charge is 0.351 e. The Morgan fingerprint density at radius 3 is 2.68 bits per heavy atom. The highest BCUT2D eigenvalue weighted by Gasteiger charge is 2.68. The van der Waals surface area contributed by atoms with Gasteiger partial charge in [-0.3, -0.25) is 14.3 Å². The van der Waals surface area contributed by atoms with Crippen LogP contribution in [0.15, 0.2) is 6.07 Å². The molecule has 6 nitrogen and oxygen atoms in total. The number of rotatable bonds is 3. The van der Waals surface area contributed by atoms with Crippen molar-refractivity contribution in [2.75, 3.05) is 6.54 Å². The Hall–Kier alpha value is -1.85. The van der Waals surface area contributed by atoms with Crippen molar-refractivity contribution in [3.8, 4) is 0 Å². The van der Waals surface area contributed by atoms with Crippen LogP contribution in [0, 0.1) is 12.8 Å². The van der Waals surface area contributed by atoms with Crippen molar-refractivity contribution in [1.82, 2.24) is 20.0 Å². The van der Waals surface area contributed by atoms with E-state index in [2.05, 4.69) is 10.4 Å². The third-order valence-electron chi connectivity index (χ3n) is 5.56. The van der Waals surface area contributed by atoms with E-state index in [9.17, 15) is 9.59 Å². The third-order valence-corrected chi connectivity index (χ3v) is 5.56. The van der Waals surface area contributed by atoms with Crippen LogP contribution >= 0.6 is 0 Å². The topological polar surface area (TPSA) is 67.2 Å². The van der Waals surface area contributed by atoms with Gasteiger partial charge in [0, 0.05) is 19.6 Å². The fourth-order valence-electron chi connectivity index (χ4n) is 3.97. The van der Waals surface area contributed by atoms with Crippen LogP contribution < -0.4 is 5.32 Å². The number of hydrogen-bond acceptors (Lipinski definition) is 3. The van der Waals surface area contributed by atoms with Crippen molar-refractivity contribution >= 4 is 11.8 Å². The molecule has 3 aliphatic rings. The summed E-state index contributed by atoms with van der Waals surface area (Å²) in [5.41, 5.74) is 0.816. The Balaban J connectivity index is 1.57. The lowest BCUT2D eigenvalue weighted by molar-refractivity contribution is -0.128. The van der Waals surface area contributed by atoms with Crippen LogP contribution in [0.5, 0.6) is 0 Å². The molecule has 1 N–H and O–H groups in total. The summed E-state index contributed by atoms with van der Waals surface area (Å²) < 4.78 is 1.62. The predicted molar refractivity (Wildman–Crippen MR) is 80.2 cm³/mol. The Morgan fingerprint density at radius 2 is 2.14 bits per heavy atom. The molecule has 2 amide bonds. The van der Waals surface area contributed by atoms with Gasteiger partial charge in [-0.25, -0.2) is 0 Å². The van der Waals surface area contributed by atoms with E-state index < -0.39 is 5.54 Å². The molecule has 2 saturated carbocycles. The Labute approximate surface area is 129 Å². The fourth-order valence-corrected chi connectivity index (χ4v) is 3.97. The van der Waals surface area contributed by atoms with Crippen molar-refractivity contribution in [2.24, 2.45) is 13.0 Å². The lowest BCUT2D eigenvalue weighted by Gasteiger charge is -2.32. The lowest BCUT2D eigenvalue weighted by Crippen LogP contribution is -2.54. The summed E-state index contributed by atoms with van der Waals surface area (Å²) in [6.45, 7) is 2.55. The summed E-state index contributed by atoms with van der Waals surface area (Å²) in [6.07, 6.45) is 5.08. The maximum Gasteiger partial charge on any atom is 0.273 e. The summed E-state index contributed by atoms with van der Waals surface area (Å²) in [5, 5.41) is 7.39. The molecule has 4 rings (SSSR count). The van der Waals surface area contributed by atoms with Crippen LogP contribution in [-0.2, 0) is 11.8 Å². The standard InChI is InChI=1S/C16H22N4O2/c1-10-8-13(19(2)18-10)14(21)20-7-6-11-9-16(11,20)15(22)17-12-4-3-5-12/h8,11-12H,3-7,9H2,1-2H3,(H,17,22). The number of nitrogens with zero attached hydrogens (tertiary/aromatic N) is 3. The maximum atomic E-state index is 12.9. The molecule has 3 fully saturated rings. The van der Waals surface area contributed by atoms with Gasteiger partial charge in [0.05, 0.1) is 5.69 Å². The molecule has 6 heteroatoms. The van der Waals surface area contributed by atoms with E-state index in [1.165, 1.54) is 6.42 Å². The molecule has 118 valence electrons. The minimum atomic E-state index is -0.579. The van der Waals surface area contributed by atoms with Crippen molar-refractivity contribution in [2.45, 2.75) is 50.6 Å². The average Bonchev–Trinajstić information content (AvgIpc) is 2.90. The van der Waals surface area contributed by atoms with Gasteiger partial charge in [-0.2, -0.15) is 5.10 Å². The Kier molecular flexibility index (Phi) is 2.86. The monoisotopic (exact) mass is 302 g/mol. The molecular formula is C16H22N4O2. The van der Waals surface area contributed by atoms with Gasteiger partial charge in [0.15, 0.2) is 0 Å². The van der Waals surface area contributed by atoms with Crippen molar-refractivity contribution in [3.05, 3.63) is 17.5 Å². The first-order valence-electron chi connectivity index (χ1n) is 8.16. The van der Waals surface area contributed by atoms with Crippen LogP contribution in [0.1, 0.15) is 48.3 Å². The van der Waals surface area contributed by atoms with Crippen LogP contribution in [-0.4, -0.2) is 44.6 Å². The first-order valence-corrected chi connectivity index (χ1v) is 8.16. The molecule has 0 bridgehead atoms. The van der Waals surface area contributed by atoms with Gasteiger partial charge in [-0.05, 0) is 51.0 Å². The minimum absolute atomic E-state index is 0.0620. The zero-order valence-electron chi connectivity index (χ0n) is 13.1. The van der Waals surface area contributed by atoms with Crippen molar-refractivity contribution in [1.29, 1.82) is 0 Å². The normalized spacial score (nSPS) is 29.9. The maximum absolute atomic E-state index is 12.9. The summed E-state index contributed by atoms with van der Waals surface area (Å²) >= 11 is 0. The van der Waals surface area contributed by atoms with Crippen LogP contribution in [0.2, 0.25) is 0 Å². The lowest BCUT2D eigenvalue weighted by atomic mass is 9.92. The van der Waals surface area contributed by atoms with E-state index in [1.807, 2.05) is 6.92 Å². The highest BCUT2D eigenvalue weighted by molar-refractivity contribution is 6.01. The number of carbonyl (C=O) groups is 2. The fraction of sp³-hybridized carbons (Fsp3) is 0.688. The van der Waals surface area contributed by atoms with E-state index >= 15 is 0 Å². The highest BCUT2D eigenvalue weighted by atomic mass is 16.2. The number of amides is 2. The number of piperidine rings is 1. The Morgan fingerprint density at radius 1 is 1.36 bits per heavy atom. The van der Waals surface area contributed by atoms with Crippen LogP contribution in [0.25, 0.3) is 0 Å². The van der Waals surface area contributed by atoms with Gasteiger partial charge < -0.3 is 10.2 Å². The number of carbonyl (C=O) groups excluding carboxylic acids is 2. The molecule has 1 aromatic rings. The molecule has 2 unspecified atom stereocenters. The van der Waals surface area contributed by atoms with E-state index in [-0.39, 0.29) is 11.8 Å². The number of hydrogen-bond donors (Lipinski definition) is 1. The summed E-state index contributed by atoms with van der Waals surface area (Å²) in [7, 11) is 1.78. The highest BCUT2D eigenvalue weighted by Crippen LogP contribution is 2.56. The summed E-state index contributed by atoms with van der Waals surface area (Å²) in [4.78, 5) is 27.4. The van der Waals surface area contributed by atoms with Gasteiger partial charge in [0.2, 0.25) is 5.91 Å². The van der Waals surface area contributed by atoms with Crippen molar-refractivity contribution in [3.63, 3.8) is 0 Å². The summed E-state index contributed by atoms with van der Waals surface area (Å²) in [5.74, 6) is 0.338. The van der Waals surface area contributed by atoms with Gasteiger partial charge in [0.25, 0.3) is 5.91 Å². The number of aryl methyl sites for hydroxylation is 2. The smallest absolute Gasteiger partial charge is 0.273 e. The molecule has 0 spiro atoms. The van der Waals surface area contributed by atoms with Gasteiger partial charge in [-0.1, -0.05) is 0 Å². The molecule has 1 saturated heterocycles. The zero-order valence-corrected chi connectivity index (χ0v) is 13.1. The quantitative estimate of drug-likeness (QED) is 0.906. The number of likely N-dealkylation sites (tertiary alicyclic amines) is 1. The molecule has 2 aliphatic carbocycles. The van der Waals surface area contributed by atoms with Gasteiger partial charge in [0.1, 0.15) is 11.2 Å². The molecule has 22 heavy (non-hydrogen) atoms. The second-order valence-corrected chi connectivity index (χ2v) is 6.97. The molecular weight excluding hydrogens is 280 g/mol. The van der Waals surface area contributed by atoms with Gasteiger partial charge in [-0.15, -0.1) is 0 Å². The van der Waals surface area contributed by atoms with Crippen molar-refractivity contribution < 1.29 is 9.59 Å². The van der Waals surface area contributed by atoms with E-state index in [0.717, 1.165) is 31.4 Å². The zero-order chi connectivity index (χ0) is 15.5. The van der Waals surface area contributed by atoms with Crippen LogP contribution in [0.3, 0.4) is 0 Å². The third kappa shape index (κ3) is 1.82. The van der Waals surface area contributed by atoms with E-state index in [1.54, 1.807) is 22.7 Å². The first-order chi connectivity index (χ1) is 10.5. The predicted octanol–water partition coefficient (Wildman–Crippen LogP) is 1.00. The molecule has 1 aromatic heterocycles. The second-order valence-electron chi connectivity index (χ2n) is 6.97. The SMILES string of the molecule is Cc1cc(C(=O)N2CCC3CC32C(=O)NC2CCC2)n(C)n1. The minimum Gasteiger partial charge on any atom is -0.351 e. The summed E-state index contributed by atoms with van der Waals surface area (Å²) in [6, 6.07) is 2.12. The first kappa shape index (κ1) is 13.8. The number of aromatic nitrogens is 2. The Bertz CT molecular complexity index is 649. The molecule has 0 aromatic carbocycles. The van der Waals surface area contributed by atoms with E-state index in [0.29, 0.717) is 24.2 Å². The molecule has 0 radical (unpaired) electrons. The molecule has 2 heterocycles. The second kappa shape index (κ2) is 4.57. The van der Waals surface area contributed by atoms with Crippen LogP contribution in [0.4, 0.5) is 0 Å². The number of fused-ring (bicyclic) bond motifs is 1. The van der Waals surface area contributed by atoms with Gasteiger partial charge >= 0.3 is 0 Å². The molecule has 1 aliphatic heterocycles.